The third-order valence-corrected chi connectivity index (χ3v) is 5.37. The highest BCUT2D eigenvalue weighted by atomic mass is 35.5. The van der Waals surface area contributed by atoms with Gasteiger partial charge in [-0.25, -0.2) is 9.97 Å². The fourth-order valence-electron chi connectivity index (χ4n) is 3.18. The smallest absolute Gasteiger partial charge is 0.137 e. The first-order valence-corrected chi connectivity index (χ1v) is 8.38. The minimum Gasteiger partial charge on any atom is -0.369 e. The van der Waals surface area contributed by atoms with E-state index >= 15 is 0 Å². The number of aromatic nitrogens is 2. The molecule has 0 bridgehead atoms. The van der Waals surface area contributed by atoms with Gasteiger partial charge in [-0.3, -0.25) is 0 Å². The summed E-state index contributed by atoms with van der Waals surface area (Å²) in [7, 11) is 0. The normalized spacial score (nSPS) is 22.4. The van der Waals surface area contributed by atoms with Crippen LogP contribution in [0.1, 0.15) is 55.8 Å². The molecule has 0 spiro atoms. The Morgan fingerprint density at radius 2 is 1.75 bits per heavy atom. The number of rotatable bonds is 6. The summed E-state index contributed by atoms with van der Waals surface area (Å²) in [6.07, 6.45) is 8.15. The van der Waals surface area contributed by atoms with Gasteiger partial charge in [0.1, 0.15) is 16.8 Å². The van der Waals surface area contributed by atoms with E-state index in [0.29, 0.717) is 11.1 Å². The molecule has 0 aromatic carbocycles. The quantitative estimate of drug-likeness (QED) is 0.800. The molecule has 20 heavy (non-hydrogen) atoms. The van der Waals surface area contributed by atoms with Gasteiger partial charge in [0.2, 0.25) is 0 Å². The van der Waals surface area contributed by atoms with Crippen LogP contribution in [0.3, 0.4) is 0 Å². The molecule has 1 aromatic rings. The summed E-state index contributed by atoms with van der Waals surface area (Å²) < 4.78 is 0. The maximum atomic E-state index is 6.26. The molecule has 1 heterocycles. The van der Waals surface area contributed by atoms with E-state index < -0.39 is 0 Å². The van der Waals surface area contributed by atoms with Crippen LogP contribution in [0.2, 0.25) is 5.15 Å². The third-order valence-electron chi connectivity index (χ3n) is 5.01. The Bertz CT molecular complexity index is 507. The zero-order chi connectivity index (χ0) is 13.7. The molecule has 0 atom stereocenters. The number of hydrogen-bond acceptors (Lipinski definition) is 3. The number of nitrogens with zero attached hydrogens (tertiary/aromatic N) is 2. The Morgan fingerprint density at radius 1 is 1.10 bits per heavy atom. The van der Waals surface area contributed by atoms with E-state index in [1.165, 1.54) is 38.5 Å². The van der Waals surface area contributed by atoms with Crippen LogP contribution in [-0.2, 0) is 0 Å². The third kappa shape index (κ3) is 2.65. The Morgan fingerprint density at radius 3 is 2.30 bits per heavy atom. The van der Waals surface area contributed by atoms with Crippen molar-refractivity contribution in [3.63, 3.8) is 0 Å². The molecular weight excluding hydrogens is 270 g/mol. The summed E-state index contributed by atoms with van der Waals surface area (Å²) >= 11 is 6.26. The van der Waals surface area contributed by atoms with Crippen molar-refractivity contribution < 1.29 is 0 Å². The number of halogens is 1. The van der Waals surface area contributed by atoms with Crippen molar-refractivity contribution in [1.82, 2.24) is 9.97 Å². The molecule has 3 aliphatic carbocycles. The summed E-state index contributed by atoms with van der Waals surface area (Å²) in [5.74, 6) is 5.26. The van der Waals surface area contributed by atoms with Crippen LogP contribution in [0.4, 0.5) is 5.82 Å². The average Bonchev–Trinajstić information content (AvgIpc) is 3.29. The maximum absolute atomic E-state index is 6.26. The highest BCUT2D eigenvalue weighted by Crippen LogP contribution is 2.49. The highest BCUT2D eigenvalue weighted by Gasteiger charge is 2.41. The van der Waals surface area contributed by atoms with Gasteiger partial charge in [0.15, 0.2) is 0 Å². The van der Waals surface area contributed by atoms with E-state index in [1.54, 1.807) is 0 Å². The molecule has 0 unspecified atom stereocenters. The second kappa shape index (κ2) is 4.87. The van der Waals surface area contributed by atoms with E-state index in [2.05, 4.69) is 10.3 Å². The Balaban J connectivity index is 1.49. The first kappa shape index (κ1) is 12.9. The van der Waals surface area contributed by atoms with E-state index in [1.807, 2.05) is 6.92 Å². The number of anilines is 1. The fraction of sp³-hybridized carbons (Fsp3) is 0.750. The summed E-state index contributed by atoms with van der Waals surface area (Å²) in [5.41, 5.74) is 1.00. The standard InChI is InChI=1S/C16H22ClN3/c1-9-14(17)19-16(12-6-7-12)20-15(9)18-8-13(10-2-3-10)11-4-5-11/h10-13H,2-8H2,1H3,(H,18,19,20). The van der Waals surface area contributed by atoms with Crippen LogP contribution in [0, 0.1) is 24.7 Å². The predicted molar refractivity (Wildman–Crippen MR) is 81.2 cm³/mol. The van der Waals surface area contributed by atoms with Crippen LogP contribution < -0.4 is 5.32 Å². The molecule has 4 rings (SSSR count). The van der Waals surface area contributed by atoms with E-state index in [9.17, 15) is 0 Å². The summed E-state index contributed by atoms with van der Waals surface area (Å²) in [6.45, 7) is 3.08. The molecule has 4 heteroatoms. The van der Waals surface area contributed by atoms with E-state index in [0.717, 1.165) is 41.5 Å². The monoisotopic (exact) mass is 291 g/mol. The van der Waals surface area contributed by atoms with Crippen LogP contribution >= 0.6 is 11.6 Å². The number of hydrogen-bond donors (Lipinski definition) is 1. The van der Waals surface area contributed by atoms with Crippen LogP contribution in [0.15, 0.2) is 0 Å². The van der Waals surface area contributed by atoms with Gasteiger partial charge in [-0.15, -0.1) is 0 Å². The minimum absolute atomic E-state index is 0.552. The Kier molecular flexibility index (Phi) is 3.13. The van der Waals surface area contributed by atoms with Crippen LogP contribution in [0.5, 0.6) is 0 Å². The van der Waals surface area contributed by atoms with Crippen molar-refractivity contribution >= 4 is 17.4 Å². The minimum atomic E-state index is 0.552. The first-order valence-electron chi connectivity index (χ1n) is 8.00. The Labute approximate surface area is 125 Å². The van der Waals surface area contributed by atoms with Crippen molar-refractivity contribution in [3.05, 3.63) is 16.5 Å². The van der Waals surface area contributed by atoms with Crippen LogP contribution in [0.25, 0.3) is 0 Å². The molecular formula is C16H22ClN3. The molecule has 1 N–H and O–H groups in total. The van der Waals surface area contributed by atoms with Crippen molar-refractivity contribution in [2.75, 3.05) is 11.9 Å². The molecule has 0 radical (unpaired) electrons. The fourth-order valence-corrected chi connectivity index (χ4v) is 3.36. The second-order valence-corrected chi connectivity index (χ2v) is 7.20. The van der Waals surface area contributed by atoms with Gasteiger partial charge in [0.25, 0.3) is 0 Å². The summed E-state index contributed by atoms with van der Waals surface area (Å²) in [4.78, 5) is 9.15. The second-order valence-electron chi connectivity index (χ2n) is 6.84. The number of nitrogens with one attached hydrogen (secondary N) is 1. The maximum Gasteiger partial charge on any atom is 0.137 e. The van der Waals surface area contributed by atoms with Gasteiger partial charge in [0.05, 0.1) is 0 Å². The molecule has 0 aliphatic heterocycles. The summed E-state index contributed by atoms with van der Waals surface area (Å²) in [5, 5.41) is 4.21. The lowest BCUT2D eigenvalue weighted by molar-refractivity contribution is 0.427. The lowest BCUT2D eigenvalue weighted by Gasteiger charge is -2.18. The van der Waals surface area contributed by atoms with Crippen molar-refractivity contribution in [1.29, 1.82) is 0 Å². The van der Waals surface area contributed by atoms with Crippen molar-refractivity contribution in [2.24, 2.45) is 17.8 Å². The first-order chi connectivity index (χ1) is 9.72. The van der Waals surface area contributed by atoms with Crippen molar-refractivity contribution in [3.8, 4) is 0 Å². The molecule has 0 saturated heterocycles. The Hall–Kier alpha value is -0.830. The zero-order valence-corrected chi connectivity index (χ0v) is 12.8. The average molecular weight is 292 g/mol. The molecule has 3 nitrogen and oxygen atoms in total. The lowest BCUT2D eigenvalue weighted by atomic mass is 9.98. The van der Waals surface area contributed by atoms with E-state index in [4.69, 9.17) is 16.6 Å². The molecule has 3 saturated carbocycles. The predicted octanol–water partition coefficient (Wildman–Crippen LogP) is 4.16. The van der Waals surface area contributed by atoms with Gasteiger partial charge >= 0.3 is 0 Å². The van der Waals surface area contributed by atoms with Gasteiger partial charge in [-0.1, -0.05) is 11.6 Å². The molecule has 108 valence electrons. The SMILES string of the molecule is Cc1c(Cl)nc(C2CC2)nc1NCC(C1CC1)C1CC1. The zero-order valence-electron chi connectivity index (χ0n) is 12.0. The topological polar surface area (TPSA) is 37.8 Å². The largest absolute Gasteiger partial charge is 0.369 e. The van der Waals surface area contributed by atoms with E-state index in [-0.39, 0.29) is 0 Å². The molecule has 0 amide bonds. The summed E-state index contributed by atoms with van der Waals surface area (Å²) in [6, 6.07) is 0. The van der Waals surface area contributed by atoms with Crippen LogP contribution in [-0.4, -0.2) is 16.5 Å². The van der Waals surface area contributed by atoms with Gasteiger partial charge < -0.3 is 5.32 Å². The van der Waals surface area contributed by atoms with Gasteiger partial charge in [-0.2, -0.15) is 0 Å². The van der Waals surface area contributed by atoms with Gasteiger partial charge in [0, 0.05) is 18.0 Å². The molecule has 3 aliphatic rings. The van der Waals surface area contributed by atoms with Gasteiger partial charge in [-0.05, 0) is 63.2 Å². The highest BCUT2D eigenvalue weighted by molar-refractivity contribution is 6.30. The van der Waals surface area contributed by atoms with Crippen molar-refractivity contribution in [2.45, 2.75) is 51.4 Å². The lowest BCUT2D eigenvalue weighted by Crippen LogP contribution is -2.20. The molecule has 1 aromatic heterocycles. The molecule has 3 fully saturated rings.